The Hall–Kier alpha value is -3.12. The summed E-state index contributed by atoms with van der Waals surface area (Å²) >= 11 is 3.49. The first-order valence-corrected chi connectivity index (χ1v) is 9.74. The molecule has 138 valence electrons. The molecule has 0 fully saturated rings. The van der Waals surface area contributed by atoms with Gasteiger partial charge in [-0.1, -0.05) is 58.4 Å². The van der Waals surface area contributed by atoms with E-state index in [-0.39, 0.29) is 11.9 Å². The van der Waals surface area contributed by atoms with Crippen molar-refractivity contribution < 1.29 is 9.21 Å². The Balaban J connectivity index is 1.66. The Morgan fingerprint density at radius 1 is 1.04 bits per heavy atom. The number of nitrogens with one attached hydrogen (secondary N) is 1. The summed E-state index contributed by atoms with van der Waals surface area (Å²) in [5.74, 6) is 0.670. The molecule has 5 nitrogen and oxygen atoms in total. The van der Waals surface area contributed by atoms with Crippen molar-refractivity contribution in [3.05, 3.63) is 100 Å². The molecular formula is C22H16BrN3O2. The van der Waals surface area contributed by atoms with E-state index < -0.39 is 0 Å². The lowest BCUT2D eigenvalue weighted by Gasteiger charge is -2.25. The van der Waals surface area contributed by atoms with Crippen LogP contribution in [0.25, 0.3) is 11.3 Å². The summed E-state index contributed by atoms with van der Waals surface area (Å²) in [4.78, 5) is 15.1. The molecule has 3 heterocycles. The fourth-order valence-electron chi connectivity index (χ4n) is 3.74. The molecule has 1 amide bonds. The monoisotopic (exact) mass is 433 g/mol. The number of halogens is 1. The predicted molar refractivity (Wildman–Crippen MR) is 109 cm³/mol. The number of nitrogens with zero attached hydrogens (tertiary/aromatic N) is 2. The number of hydrogen-bond donors (Lipinski definition) is 1. The van der Waals surface area contributed by atoms with Crippen molar-refractivity contribution >= 4 is 21.8 Å². The fourth-order valence-corrected chi connectivity index (χ4v) is 4.00. The Morgan fingerprint density at radius 3 is 2.54 bits per heavy atom. The number of aromatic nitrogens is 2. The zero-order valence-electron chi connectivity index (χ0n) is 14.8. The third-order valence-electron chi connectivity index (χ3n) is 5.00. The quantitative estimate of drug-likeness (QED) is 0.482. The first-order valence-electron chi connectivity index (χ1n) is 8.95. The fraction of sp³-hybridized carbons (Fsp3) is 0.0909. The van der Waals surface area contributed by atoms with Crippen molar-refractivity contribution in [1.82, 2.24) is 15.1 Å². The van der Waals surface area contributed by atoms with Crippen molar-refractivity contribution in [2.45, 2.75) is 12.6 Å². The molecule has 4 aromatic rings. The molecule has 0 bridgehead atoms. The SMILES string of the molecule is O=C1c2[nH]nc(-c3ccccc3)c2C(c2ccc(Br)cc2)N1Cc1ccco1. The zero-order chi connectivity index (χ0) is 19.1. The minimum Gasteiger partial charge on any atom is -0.467 e. The van der Waals surface area contributed by atoms with Crippen molar-refractivity contribution in [1.29, 1.82) is 0 Å². The third-order valence-corrected chi connectivity index (χ3v) is 5.53. The number of furan rings is 1. The number of carbonyl (C=O) groups is 1. The van der Waals surface area contributed by atoms with Crippen molar-refractivity contribution in [2.24, 2.45) is 0 Å². The van der Waals surface area contributed by atoms with Gasteiger partial charge in [0.15, 0.2) is 0 Å². The lowest BCUT2D eigenvalue weighted by Crippen LogP contribution is -2.28. The average molecular weight is 434 g/mol. The number of rotatable bonds is 4. The standard InChI is InChI=1S/C22H16BrN3O2/c23-16-10-8-15(9-11-16)21-18-19(14-5-2-1-3-6-14)24-25-20(18)22(27)26(21)13-17-7-4-12-28-17/h1-12,21H,13H2,(H,24,25). The van der Waals surface area contributed by atoms with E-state index >= 15 is 0 Å². The van der Waals surface area contributed by atoms with E-state index in [0.29, 0.717) is 12.2 Å². The van der Waals surface area contributed by atoms with Gasteiger partial charge >= 0.3 is 0 Å². The second kappa shape index (κ2) is 6.80. The lowest BCUT2D eigenvalue weighted by atomic mass is 9.96. The van der Waals surface area contributed by atoms with Crippen molar-refractivity contribution in [2.75, 3.05) is 0 Å². The summed E-state index contributed by atoms with van der Waals surface area (Å²) in [6.07, 6.45) is 1.63. The third kappa shape index (κ3) is 2.77. The molecule has 0 radical (unpaired) electrons. The normalized spacial score (nSPS) is 15.8. The first-order chi connectivity index (χ1) is 13.7. The number of benzene rings is 2. The van der Waals surface area contributed by atoms with Crippen LogP contribution in [0.15, 0.2) is 81.9 Å². The van der Waals surface area contributed by atoms with E-state index in [0.717, 1.165) is 32.6 Å². The minimum absolute atomic E-state index is 0.0750. The van der Waals surface area contributed by atoms with Gasteiger partial charge in [-0.25, -0.2) is 0 Å². The molecule has 1 N–H and O–H groups in total. The number of aromatic amines is 1. The summed E-state index contributed by atoms with van der Waals surface area (Å²) in [5, 5.41) is 7.45. The topological polar surface area (TPSA) is 62.1 Å². The van der Waals surface area contributed by atoms with E-state index in [4.69, 9.17) is 4.42 Å². The van der Waals surface area contributed by atoms with Crippen LogP contribution in [0.5, 0.6) is 0 Å². The highest BCUT2D eigenvalue weighted by Gasteiger charge is 2.42. The van der Waals surface area contributed by atoms with Crippen LogP contribution in [-0.2, 0) is 6.54 Å². The number of carbonyl (C=O) groups excluding carboxylic acids is 1. The largest absolute Gasteiger partial charge is 0.467 e. The highest BCUT2D eigenvalue weighted by molar-refractivity contribution is 9.10. The van der Waals surface area contributed by atoms with Gasteiger partial charge in [0.25, 0.3) is 5.91 Å². The molecule has 1 aliphatic rings. The highest BCUT2D eigenvalue weighted by Crippen LogP contribution is 2.43. The molecule has 6 heteroatoms. The van der Waals surface area contributed by atoms with Gasteiger partial charge in [-0.05, 0) is 29.8 Å². The Bertz CT molecular complexity index is 1120. The van der Waals surface area contributed by atoms with Crippen LogP contribution in [0.2, 0.25) is 0 Å². The maximum Gasteiger partial charge on any atom is 0.273 e. The van der Waals surface area contributed by atoms with E-state index in [1.165, 1.54) is 0 Å². The average Bonchev–Trinajstić information content (AvgIpc) is 3.44. The number of fused-ring (bicyclic) bond motifs is 1. The van der Waals surface area contributed by atoms with Gasteiger partial charge in [-0.15, -0.1) is 0 Å². The summed E-state index contributed by atoms with van der Waals surface area (Å²) in [7, 11) is 0. The first kappa shape index (κ1) is 17.0. The van der Waals surface area contributed by atoms with Gasteiger partial charge in [-0.3, -0.25) is 9.89 Å². The van der Waals surface area contributed by atoms with E-state index in [1.54, 1.807) is 6.26 Å². The van der Waals surface area contributed by atoms with Crippen LogP contribution in [0.4, 0.5) is 0 Å². The number of H-pyrrole nitrogens is 1. The Labute approximate surface area is 170 Å². The molecule has 1 atom stereocenters. The molecule has 28 heavy (non-hydrogen) atoms. The molecular weight excluding hydrogens is 418 g/mol. The maximum absolute atomic E-state index is 13.2. The van der Waals surface area contributed by atoms with E-state index in [2.05, 4.69) is 26.1 Å². The molecule has 2 aromatic carbocycles. The summed E-state index contributed by atoms with van der Waals surface area (Å²) < 4.78 is 6.50. The molecule has 5 rings (SSSR count). The number of hydrogen-bond acceptors (Lipinski definition) is 3. The predicted octanol–water partition coefficient (Wildman–Crippen LogP) is 5.18. The van der Waals surface area contributed by atoms with Gasteiger partial charge in [0.05, 0.1) is 24.5 Å². The number of amides is 1. The van der Waals surface area contributed by atoms with Gasteiger partial charge in [0, 0.05) is 15.6 Å². The molecule has 0 aliphatic carbocycles. The van der Waals surface area contributed by atoms with Gasteiger partial charge in [0.1, 0.15) is 11.5 Å². The van der Waals surface area contributed by atoms with Crippen LogP contribution in [-0.4, -0.2) is 21.0 Å². The summed E-state index contributed by atoms with van der Waals surface area (Å²) in [5.41, 5.74) is 4.26. The smallest absolute Gasteiger partial charge is 0.273 e. The second-order valence-electron chi connectivity index (χ2n) is 6.69. The minimum atomic E-state index is -0.241. The maximum atomic E-state index is 13.2. The van der Waals surface area contributed by atoms with Crippen LogP contribution in [0.3, 0.4) is 0 Å². The molecule has 2 aromatic heterocycles. The molecule has 1 aliphatic heterocycles. The molecule has 1 unspecified atom stereocenters. The summed E-state index contributed by atoms with van der Waals surface area (Å²) in [6, 6.07) is 21.5. The van der Waals surface area contributed by atoms with Gasteiger partial charge < -0.3 is 9.32 Å². The van der Waals surface area contributed by atoms with Gasteiger partial charge in [0.2, 0.25) is 0 Å². The van der Waals surface area contributed by atoms with Crippen LogP contribution < -0.4 is 0 Å². The lowest BCUT2D eigenvalue weighted by molar-refractivity contribution is 0.0717. The summed E-state index contributed by atoms with van der Waals surface area (Å²) in [6.45, 7) is 0.392. The van der Waals surface area contributed by atoms with Crippen LogP contribution >= 0.6 is 15.9 Å². The van der Waals surface area contributed by atoms with E-state index in [9.17, 15) is 4.79 Å². The van der Waals surface area contributed by atoms with Gasteiger partial charge in [-0.2, -0.15) is 5.10 Å². The Kier molecular flexibility index (Phi) is 4.13. The Morgan fingerprint density at radius 2 is 1.82 bits per heavy atom. The second-order valence-corrected chi connectivity index (χ2v) is 7.61. The van der Waals surface area contributed by atoms with Crippen LogP contribution in [0, 0.1) is 0 Å². The molecule has 0 saturated carbocycles. The zero-order valence-corrected chi connectivity index (χ0v) is 16.4. The van der Waals surface area contributed by atoms with Crippen LogP contribution in [0.1, 0.15) is 33.4 Å². The van der Waals surface area contributed by atoms with E-state index in [1.807, 2.05) is 71.6 Å². The molecule has 0 spiro atoms. The molecule has 0 saturated heterocycles. The highest BCUT2D eigenvalue weighted by atomic mass is 79.9. The van der Waals surface area contributed by atoms with Crippen molar-refractivity contribution in [3.8, 4) is 11.3 Å². The van der Waals surface area contributed by atoms with Crippen molar-refractivity contribution in [3.63, 3.8) is 0 Å².